The monoisotopic (exact) mass is 272 g/mol. The van der Waals surface area contributed by atoms with Crippen LogP contribution in [0.4, 0.5) is 14.5 Å². The number of rotatable bonds is 2. The summed E-state index contributed by atoms with van der Waals surface area (Å²) in [6.45, 7) is 0. The molecule has 0 atom stereocenters. The van der Waals surface area contributed by atoms with Crippen molar-refractivity contribution in [2.75, 3.05) is 5.73 Å². The molecular weight excluding hydrogens is 262 g/mol. The summed E-state index contributed by atoms with van der Waals surface area (Å²) in [5.41, 5.74) is 7.90. The molecule has 0 radical (unpaired) electrons. The molecule has 6 heteroatoms. The summed E-state index contributed by atoms with van der Waals surface area (Å²) in [5.74, 6) is -0.750. The minimum absolute atomic E-state index is 0.325. The van der Waals surface area contributed by atoms with Gasteiger partial charge in [-0.1, -0.05) is 0 Å². The summed E-state index contributed by atoms with van der Waals surface area (Å²) in [7, 11) is 0. The summed E-state index contributed by atoms with van der Waals surface area (Å²) in [6, 6.07) is 8.64. The first kappa shape index (κ1) is 12.3. The average molecular weight is 272 g/mol. The Hall–Kier alpha value is -2.76. The van der Waals surface area contributed by atoms with Crippen LogP contribution in [0.2, 0.25) is 0 Å². The second-order valence-corrected chi connectivity index (χ2v) is 4.22. The van der Waals surface area contributed by atoms with Gasteiger partial charge in [-0.2, -0.15) is 5.10 Å². The molecule has 4 nitrogen and oxygen atoms in total. The number of nitrogens with two attached hydrogens (primary N) is 1. The van der Waals surface area contributed by atoms with Crippen LogP contribution in [0.3, 0.4) is 0 Å². The molecule has 0 spiro atoms. The number of nitrogens with zero attached hydrogens (tertiary/aromatic N) is 3. The van der Waals surface area contributed by atoms with E-state index < -0.39 is 5.82 Å². The van der Waals surface area contributed by atoms with Crippen molar-refractivity contribution >= 4 is 5.69 Å². The molecule has 2 aromatic heterocycles. The van der Waals surface area contributed by atoms with E-state index in [1.54, 1.807) is 18.3 Å². The van der Waals surface area contributed by atoms with Crippen LogP contribution in [-0.2, 0) is 0 Å². The lowest BCUT2D eigenvalue weighted by Gasteiger charge is -2.00. The van der Waals surface area contributed by atoms with Gasteiger partial charge in [-0.3, -0.25) is 4.98 Å². The predicted octanol–water partition coefficient (Wildman–Crippen LogP) is 2.79. The first-order valence-electron chi connectivity index (χ1n) is 5.86. The van der Waals surface area contributed by atoms with Gasteiger partial charge >= 0.3 is 0 Å². The lowest BCUT2D eigenvalue weighted by Crippen LogP contribution is -1.95. The first-order chi connectivity index (χ1) is 9.63. The number of aromatic nitrogens is 3. The molecule has 3 aromatic rings. The zero-order valence-corrected chi connectivity index (χ0v) is 10.3. The standard InChI is InChI=1S/C14H10F2N4/c15-9-1-4-11(5-2-9)20-8-12(17)14(19-20)13-6-3-10(16)7-18-13/h1-8H,17H2. The van der Waals surface area contributed by atoms with Crippen molar-refractivity contribution in [1.82, 2.24) is 14.8 Å². The largest absolute Gasteiger partial charge is 0.396 e. The lowest BCUT2D eigenvalue weighted by molar-refractivity contribution is 0.621. The maximum Gasteiger partial charge on any atom is 0.141 e. The number of hydrogen-bond acceptors (Lipinski definition) is 3. The summed E-state index contributed by atoms with van der Waals surface area (Å²) >= 11 is 0. The average Bonchev–Trinajstić information content (AvgIpc) is 2.82. The van der Waals surface area contributed by atoms with Crippen LogP contribution >= 0.6 is 0 Å². The van der Waals surface area contributed by atoms with Gasteiger partial charge in [0.2, 0.25) is 0 Å². The van der Waals surface area contributed by atoms with E-state index in [1.807, 2.05) is 0 Å². The number of nitrogen functional groups attached to an aromatic ring is 1. The molecule has 0 amide bonds. The highest BCUT2D eigenvalue weighted by Crippen LogP contribution is 2.23. The zero-order valence-electron chi connectivity index (χ0n) is 10.3. The first-order valence-corrected chi connectivity index (χ1v) is 5.86. The molecule has 0 bridgehead atoms. The second-order valence-electron chi connectivity index (χ2n) is 4.22. The molecule has 1 aromatic carbocycles. The molecule has 0 aliphatic rings. The summed E-state index contributed by atoms with van der Waals surface area (Å²) < 4.78 is 27.3. The zero-order chi connectivity index (χ0) is 14.1. The van der Waals surface area contributed by atoms with E-state index in [0.29, 0.717) is 22.8 Å². The van der Waals surface area contributed by atoms with Gasteiger partial charge in [-0.05, 0) is 36.4 Å². The van der Waals surface area contributed by atoms with Crippen molar-refractivity contribution in [2.45, 2.75) is 0 Å². The van der Waals surface area contributed by atoms with E-state index in [-0.39, 0.29) is 5.82 Å². The molecule has 0 fully saturated rings. The lowest BCUT2D eigenvalue weighted by atomic mass is 10.2. The number of benzene rings is 1. The van der Waals surface area contributed by atoms with Crippen molar-refractivity contribution in [3.63, 3.8) is 0 Å². The normalized spacial score (nSPS) is 10.7. The second kappa shape index (κ2) is 4.73. The van der Waals surface area contributed by atoms with Crippen LogP contribution in [0.1, 0.15) is 0 Å². The van der Waals surface area contributed by atoms with Crippen molar-refractivity contribution in [1.29, 1.82) is 0 Å². The van der Waals surface area contributed by atoms with Gasteiger partial charge in [-0.15, -0.1) is 0 Å². The van der Waals surface area contributed by atoms with Crippen molar-refractivity contribution < 1.29 is 8.78 Å². The Balaban J connectivity index is 2.02. The van der Waals surface area contributed by atoms with Crippen LogP contribution in [-0.4, -0.2) is 14.8 Å². The Morgan fingerprint density at radius 2 is 1.65 bits per heavy atom. The number of anilines is 1. The van der Waals surface area contributed by atoms with Crippen LogP contribution in [0.25, 0.3) is 17.1 Å². The summed E-state index contributed by atoms with van der Waals surface area (Å²) in [5, 5.41) is 4.29. The van der Waals surface area contributed by atoms with E-state index in [0.717, 1.165) is 6.20 Å². The van der Waals surface area contributed by atoms with E-state index in [1.165, 1.54) is 28.9 Å². The van der Waals surface area contributed by atoms with E-state index in [2.05, 4.69) is 10.1 Å². The fourth-order valence-electron chi connectivity index (χ4n) is 1.83. The van der Waals surface area contributed by atoms with Gasteiger partial charge in [0, 0.05) is 0 Å². The molecule has 0 unspecified atom stereocenters. The molecule has 3 rings (SSSR count). The van der Waals surface area contributed by atoms with Crippen LogP contribution < -0.4 is 5.73 Å². The van der Waals surface area contributed by atoms with Crippen LogP contribution in [0, 0.1) is 11.6 Å². The Kier molecular flexibility index (Phi) is 2.90. The Morgan fingerprint density at radius 3 is 2.30 bits per heavy atom. The van der Waals surface area contributed by atoms with Gasteiger partial charge in [0.25, 0.3) is 0 Å². The minimum Gasteiger partial charge on any atom is -0.396 e. The smallest absolute Gasteiger partial charge is 0.141 e. The van der Waals surface area contributed by atoms with Gasteiger partial charge in [0.1, 0.15) is 17.3 Å². The third-order valence-electron chi connectivity index (χ3n) is 2.80. The third-order valence-corrected chi connectivity index (χ3v) is 2.80. The van der Waals surface area contributed by atoms with Crippen molar-refractivity contribution in [2.24, 2.45) is 0 Å². The maximum absolute atomic E-state index is 12.9. The topological polar surface area (TPSA) is 56.7 Å². The highest BCUT2D eigenvalue weighted by molar-refractivity contribution is 5.69. The van der Waals surface area contributed by atoms with Gasteiger partial charge in [0.15, 0.2) is 0 Å². The van der Waals surface area contributed by atoms with E-state index in [4.69, 9.17) is 5.73 Å². The third kappa shape index (κ3) is 2.23. The van der Waals surface area contributed by atoms with Crippen LogP contribution in [0.5, 0.6) is 0 Å². The highest BCUT2D eigenvalue weighted by Gasteiger charge is 2.11. The quantitative estimate of drug-likeness (QED) is 0.780. The van der Waals surface area contributed by atoms with Gasteiger partial charge < -0.3 is 5.73 Å². The molecule has 0 aliphatic carbocycles. The molecular formula is C14H10F2N4. The molecule has 20 heavy (non-hydrogen) atoms. The Morgan fingerprint density at radius 1 is 0.950 bits per heavy atom. The van der Waals surface area contributed by atoms with E-state index >= 15 is 0 Å². The summed E-state index contributed by atoms with van der Waals surface area (Å²) in [6.07, 6.45) is 2.71. The highest BCUT2D eigenvalue weighted by atomic mass is 19.1. The maximum atomic E-state index is 12.9. The molecule has 0 saturated heterocycles. The number of halogens is 2. The molecule has 100 valence electrons. The Labute approximate surface area is 113 Å². The van der Waals surface area contributed by atoms with Gasteiger partial charge in [-0.25, -0.2) is 13.5 Å². The van der Waals surface area contributed by atoms with Gasteiger partial charge in [0.05, 0.1) is 29.5 Å². The molecule has 2 N–H and O–H groups in total. The minimum atomic E-state index is -0.426. The molecule has 2 heterocycles. The van der Waals surface area contributed by atoms with Crippen molar-refractivity contribution in [3.05, 3.63) is 60.4 Å². The summed E-state index contributed by atoms with van der Waals surface area (Å²) in [4.78, 5) is 3.94. The number of pyridine rings is 1. The SMILES string of the molecule is Nc1cn(-c2ccc(F)cc2)nc1-c1ccc(F)cn1. The number of hydrogen-bond donors (Lipinski definition) is 1. The van der Waals surface area contributed by atoms with Crippen LogP contribution in [0.15, 0.2) is 48.8 Å². The molecule has 0 saturated carbocycles. The van der Waals surface area contributed by atoms with Crippen molar-refractivity contribution in [3.8, 4) is 17.1 Å². The fraction of sp³-hybridized carbons (Fsp3) is 0. The Bertz CT molecular complexity index is 733. The predicted molar refractivity (Wildman–Crippen MR) is 71.1 cm³/mol. The fourth-order valence-corrected chi connectivity index (χ4v) is 1.83. The van der Waals surface area contributed by atoms with E-state index in [9.17, 15) is 8.78 Å². The molecule has 0 aliphatic heterocycles.